The lowest BCUT2D eigenvalue weighted by Crippen LogP contribution is -2.52. The lowest BCUT2D eigenvalue weighted by Gasteiger charge is -2.43. The van der Waals surface area contributed by atoms with Crippen molar-refractivity contribution in [2.24, 2.45) is 11.3 Å². The molecule has 0 radical (unpaired) electrons. The number of piperazine rings is 1. The Morgan fingerprint density at radius 3 is 2.11 bits per heavy atom. The Bertz CT molecular complexity index is 1070. The third-order valence-electron chi connectivity index (χ3n) is 9.54. The Labute approximate surface area is 214 Å². The van der Waals surface area contributed by atoms with Crippen molar-refractivity contribution in [1.82, 2.24) is 14.8 Å². The topological polar surface area (TPSA) is 56.8 Å². The highest BCUT2D eigenvalue weighted by atomic mass is 16.2. The van der Waals surface area contributed by atoms with E-state index in [1.165, 1.54) is 12.0 Å². The number of amides is 2. The zero-order valence-electron chi connectivity index (χ0n) is 21.3. The summed E-state index contributed by atoms with van der Waals surface area (Å²) in [6, 6.07) is 16.5. The van der Waals surface area contributed by atoms with Gasteiger partial charge in [-0.1, -0.05) is 55.7 Å². The highest BCUT2D eigenvalue weighted by molar-refractivity contribution is 5.89. The van der Waals surface area contributed by atoms with E-state index in [1.54, 1.807) is 0 Å². The van der Waals surface area contributed by atoms with Crippen LogP contribution in [0.5, 0.6) is 0 Å². The fourth-order valence-electron chi connectivity index (χ4n) is 7.16. The van der Waals surface area contributed by atoms with Crippen molar-refractivity contribution in [2.75, 3.05) is 44.2 Å². The summed E-state index contributed by atoms with van der Waals surface area (Å²) in [5.74, 6) is 1.81. The highest BCUT2D eigenvalue weighted by Crippen LogP contribution is 2.60. The number of nitrogens with zero attached hydrogens (tertiary/aromatic N) is 4. The van der Waals surface area contributed by atoms with E-state index in [9.17, 15) is 9.59 Å². The average molecular weight is 487 g/mol. The molecule has 4 fully saturated rings. The number of carbonyl (C=O) groups excluding carboxylic acids is 2. The molecule has 6 rings (SSSR count). The predicted octanol–water partition coefficient (Wildman–Crippen LogP) is 4.26. The number of hydrogen-bond acceptors (Lipinski definition) is 4. The van der Waals surface area contributed by atoms with Gasteiger partial charge in [-0.05, 0) is 55.2 Å². The molecule has 1 atom stereocenters. The molecule has 36 heavy (non-hydrogen) atoms. The Kier molecular flexibility index (Phi) is 6.22. The standard InChI is InChI=1S/C30H38N4O2/c35-27(33-21-19-32(20-22-33)26-11-5-8-16-31-26)25-23-29(25)14-17-34(18-15-29)28(36)30(12-6-2-7-13-30)24-9-3-1-4-10-24/h1,3-5,8-11,16,25H,2,6-7,12-15,17-23H2/t25-/m0/s1. The molecule has 2 aromatic rings. The first-order valence-corrected chi connectivity index (χ1v) is 13.9. The Balaban J connectivity index is 1.06. The van der Waals surface area contributed by atoms with E-state index in [0.29, 0.717) is 11.8 Å². The van der Waals surface area contributed by atoms with Crippen LogP contribution >= 0.6 is 0 Å². The van der Waals surface area contributed by atoms with Crippen molar-refractivity contribution in [3.63, 3.8) is 0 Å². The Hall–Kier alpha value is -2.89. The highest BCUT2D eigenvalue weighted by Gasteiger charge is 2.60. The van der Waals surface area contributed by atoms with Gasteiger partial charge in [0.05, 0.1) is 5.41 Å². The maximum absolute atomic E-state index is 14.0. The molecule has 2 saturated heterocycles. The summed E-state index contributed by atoms with van der Waals surface area (Å²) >= 11 is 0. The summed E-state index contributed by atoms with van der Waals surface area (Å²) in [6.07, 6.45) is 10.2. The third kappa shape index (κ3) is 4.18. The number of piperidine rings is 1. The second kappa shape index (κ2) is 9.53. The summed E-state index contributed by atoms with van der Waals surface area (Å²) in [6.45, 7) is 4.81. The molecule has 6 nitrogen and oxygen atoms in total. The monoisotopic (exact) mass is 486 g/mol. The number of benzene rings is 1. The second-order valence-electron chi connectivity index (χ2n) is 11.4. The lowest BCUT2D eigenvalue weighted by molar-refractivity contribution is -0.141. The molecule has 2 aliphatic carbocycles. The Morgan fingerprint density at radius 2 is 1.44 bits per heavy atom. The molecule has 2 saturated carbocycles. The normalized spacial score (nSPS) is 25.0. The van der Waals surface area contributed by atoms with Crippen LogP contribution in [-0.2, 0) is 15.0 Å². The van der Waals surface area contributed by atoms with Crippen LogP contribution in [-0.4, -0.2) is 65.9 Å². The van der Waals surface area contributed by atoms with Crippen LogP contribution in [0.4, 0.5) is 5.82 Å². The molecule has 1 spiro atoms. The minimum atomic E-state index is -0.351. The molecule has 0 bridgehead atoms. The first-order chi connectivity index (χ1) is 17.6. The number of pyridine rings is 1. The van der Waals surface area contributed by atoms with E-state index in [1.807, 2.05) is 30.5 Å². The first kappa shape index (κ1) is 23.5. The minimum absolute atomic E-state index is 0.123. The smallest absolute Gasteiger partial charge is 0.233 e. The second-order valence-corrected chi connectivity index (χ2v) is 11.4. The van der Waals surface area contributed by atoms with Crippen molar-refractivity contribution >= 4 is 17.6 Å². The number of carbonyl (C=O) groups is 2. The number of rotatable bonds is 4. The van der Waals surface area contributed by atoms with Gasteiger partial charge in [-0.3, -0.25) is 9.59 Å². The van der Waals surface area contributed by atoms with Crippen LogP contribution in [0.1, 0.15) is 56.9 Å². The van der Waals surface area contributed by atoms with Crippen molar-refractivity contribution in [3.8, 4) is 0 Å². The fourth-order valence-corrected chi connectivity index (χ4v) is 7.16. The summed E-state index contributed by atoms with van der Waals surface area (Å²) in [5.41, 5.74) is 0.966. The van der Waals surface area contributed by atoms with E-state index in [4.69, 9.17) is 0 Å². The average Bonchev–Trinajstić information content (AvgIpc) is 3.66. The number of aromatic nitrogens is 1. The molecule has 190 valence electrons. The number of anilines is 1. The lowest BCUT2D eigenvalue weighted by atomic mass is 9.68. The van der Waals surface area contributed by atoms with Crippen LogP contribution in [0.2, 0.25) is 0 Å². The maximum atomic E-state index is 14.0. The van der Waals surface area contributed by atoms with Gasteiger partial charge in [-0.25, -0.2) is 4.98 Å². The Morgan fingerprint density at radius 1 is 0.750 bits per heavy atom. The van der Waals surface area contributed by atoms with Crippen LogP contribution in [0, 0.1) is 11.3 Å². The van der Waals surface area contributed by atoms with E-state index in [2.05, 4.69) is 43.9 Å². The van der Waals surface area contributed by atoms with Gasteiger partial charge in [-0.2, -0.15) is 0 Å². The van der Waals surface area contributed by atoms with Crippen molar-refractivity contribution in [1.29, 1.82) is 0 Å². The van der Waals surface area contributed by atoms with Crippen molar-refractivity contribution in [2.45, 2.75) is 56.8 Å². The molecule has 0 unspecified atom stereocenters. The molecule has 2 aliphatic heterocycles. The number of likely N-dealkylation sites (tertiary alicyclic amines) is 1. The molecule has 1 aromatic heterocycles. The predicted molar refractivity (Wildman–Crippen MR) is 141 cm³/mol. The van der Waals surface area contributed by atoms with Crippen LogP contribution in [0.15, 0.2) is 54.7 Å². The van der Waals surface area contributed by atoms with E-state index < -0.39 is 0 Å². The molecular weight excluding hydrogens is 448 g/mol. The zero-order chi connectivity index (χ0) is 24.6. The van der Waals surface area contributed by atoms with Gasteiger partial charge in [-0.15, -0.1) is 0 Å². The van der Waals surface area contributed by atoms with Gasteiger partial charge in [0.1, 0.15) is 5.82 Å². The van der Waals surface area contributed by atoms with Gasteiger partial charge in [0, 0.05) is 51.4 Å². The third-order valence-corrected chi connectivity index (χ3v) is 9.54. The first-order valence-electron chi connectivity index (χ1n) is 13.9. The molecule has 0 N–H and O–H groups in total. The summed E-state index contributed by atoms with van der Waals surface area (Å²) in [4.78, 5) is 38.3. The SMILES string of the molecule is O=C([C@@H]1CC12CCN(C(=O)C1(c3ccccc3)CCCCC1)CC2)N1CCN(c2ccccn2)CC1. The quantitative estimate of drug-likeness (QED) is 0.648. The summed E-state index contributed by atoms with van der Waals surface area (Å²) in [7, 11) is 0. The molecule has 4 aliphatic rings. The van der Waals surface area contributed by atoms with Gasteiger partial charge in [0.15, 0.2) is 0 Å². The summed E-state index contributed by atoms with van der Waals surface area (Å²) in [5, 5.41) is 0. The molecule has 1 aromatic carbocycles. The van der Waals surface area contributed by atoms with Gasteiger partial charge >= 0.3 is 0 Å². The zero-order valence-corrected chi connectivity index (χ0v) is 21.3. The number of hydrogen-bond donors (Lipinski definition) is 0. The fraction of sp³-hybridized carbons (Fsp3) is 0.567. The van der Waals surface area contributed by atoms with E-state index >= 15 is 0 Å². The largest absolute Gasteiger partial charge is 0.353 e. The van der Waals surface area contributed by atoms with Crippen LogP contribution < -0.4 is 4.90 Å². The van der Waals surface area contributed by atoms with Gasteiger partial charge in [0.2, 0.25) is 11.8 Å². The maximum Gasteiger partial charge on any atom is 0.233 e. The van der Waals surface area contributed by atoms with Gasteiger partial charge < -0.3 is 14.7 Å². The van der Waals surface area contributed by atoms with E-state index in [0.717, 1.165) is 90.0 Å². The molecule has 6 heteroatoms. The molecule has 3 heterocycles. The van der Waals surface area contributed by atoms with Crippen molar-refractivity contribution in [3.05, 3.63) is 60.3 Å². The van der Waals surface area contributed by atoms with E-state index in [-0.39, 0.29) is 16.7 Å². The summed E-state index contributed by atoms with van der Waals surface area (Å²) < 4.78 is 0. The van der Waals surface area contributed by atoms with Crippen LogP contribution in [0.25, 0.3) is 0 Å². The molecular formula is C30H38N4O2. The van der Waals surface area contributed by atoms with Crippen molar-refractivity contribution < 1.29 is 9.59 Å². The molecule has 2 amide bonds. The minimum Gasteiger partial charge on any atom is -0.353 e. The van der Waals surface area contributed by atoms with Gasteiger partial charge in [0.25, 0.3) is 0 Å². The van der Waals surface area contributed by atoms with Crippen LogP contribution in [0.3, 0.4) is 0 Å².